The fourth-order valence-electron chi connectivity index (χ4n) is 22.2. The van der Waals surface area contributed by atoms with E-state index in [0.717, 1.165) is 13.2 Å². The molecule has 1 nitrogen and oxygen atoms in total. The second-order valence-electron chi connectivity index (χ2n) is 45.5. The van der Waals surface area contributed by atoms with Gasteiger partial charge in [0.1, 0.15) is 0 Å². The van der Waals surface area contributed by atoms with Crippen molar-refractivity contribution in [2.45, 2.75) is 823 Å². The van der Waals surface area contributed by atoms with Gasteiger partial charge in [-0.3, -0.25) is 0 Å². The smallest absolute Gasteiger partial charge is 0.0466 e. The van der Waals surface area contributed by atoms with Gasteiger partial charge in [0.05, 0.1) is 0 Å². The van der Waals surface area contributed by atoms with Gasteiger partial charge in [0, 0.05) is 13.2 Å². The Morgan fingerprint density at radius 3 is 0.160 bits per heavy atom. The number of unbranched alkanes of at least 4 members (excludes halogenated alkanes) is 124. The molecule has 0 saturated carbocycles. The van der Waals surface area contributed by atoms with Crippen molar-refractivity contribution in [2.75, 3.05) is 13.2 Å². The van der Waals surface area contributed by atoms with Crippen LogP contribution in [0.3, 0.4) is 0 Å². The van der Waals surface area contributed by atoms with Crippen molar-refractivity contribution in [3.63, 3.8) is 0 Å². The molecular formula is C130H262O. The van der Waals surface area contributed by atoms with E-state index in [1.807, 2.05) is 0 Å². The summed E-state index contributed by atoms with van der Waals surface area (Å²) in [7, 11) is 0. The van der Waals surface area contributed by atoms with E-state index >= 15 is 0 Å². The van der Waals surface area contributed by atoms with Crippen LogP contribution in [0.1, 0.15) is 823 Å². The molecule has 0 aliphatic carbocycles. The molecule has 0 fully saturated rings. The molecule has 0 unspecified atom stereocenters. The molecule has 0 spiro atoms. The third-order valence-corrected chi connectivity index (χ3v) is 31.8. The maximum atomic E-state index is 6.02. The lowest BCUT2D eigenvalue weighted by atomic mass is 10.0. The van der Waals surface area contributed by atoms with Crippen molar-refractivity contribution in [3.05, 3.63) is 0 Å². The second-order valence-corrected chi connectivity index (χ2v) is 45.5. The van der Waals surface area contributed by atoms with Gasteiger partial charge < -0.3 is 4.74 Å². The zero-order valence-corrected chi connectivity index (χ0v) is 92.9. The standard InChI is InChI=1S/C130H262O/c1-3-5-7-9-11-13-15-17-19-21-23-25-27-29-31-33-35-37-39-41-43-45-47-49-51-53-55-57-59-61-63-65-67-69-71-73-75-77-79-81-83-85-87-89-91-93-95-97-99-101-103-105-107-109-111-113-115-117-119-121-123-125-127-129-131-130-128-126-124-122-120-118-116-114-112-110-108-106-104-102-100-98-96-94-92-90-88-86-84-82-80-78-76-74-72-70-68-66-64-62-60-58-56-54-52-50-48-46-44-42-40-38-36-34-32-30-28-26-24-22-20-18-16-14-12-10-8-6-4-2/h3-130H2,1-2H3. The molecule has 0 atom stereocenters. The van der Waals surface area contributed by atoms with E-state index in [1.165, 1.54) is 809 Å². The summed E-state index contributed by atoms with van der Waals surface area (Å²) in [5.74, 6) is 0. The van der Waals surface area contributed by atoms with Gasteiger partial charge in [-0.15, -0.1) is 0 Å². The first-order valence-corrected chi connectivity index (χ1v) is 65.0. The summed E-state index contributed by atoms with van der Waals surface area (Å²) in [6, 6.07) is 0. The summed E-state index contributed by atoms with van der Waals surface area (Å²) in [6.07, 6.45) is 187. The van der Waals surface area contributed by atoms with Crippen LogP contribution in [0, 0.1) is 0 Å². The number of rotatable bonds is 128. The van der Waals surface area contributed by atoms with Gasteiger partial charge in [-0.25, -0.2) is 0 Å². The Balaban J connectivity index is 3.10. The fourth-order valence-corrected chi connectivity index (χ4v) is 22.2. The highest BCUT2D eigenvalue weighted by molar-refractivity contribution is 4.62. The van der Waals surface area contributed by atoms with Crippen LogP contribution in [0.5, 0.6) is 0 Å². The molecule has 0 aromatic rings. The van der Waals surface area contributed by atoms with Gasteiger partial charge in [0.25, 0.3) is 0 Å². The first-order chi connectivity index (χ1) is 65.4. The summed E-state index contributed by atoms with van der Waals surface area (Å²) < 4.78 is 6.02. The van der Waals surface area contributed by atoms with Crippen LogP contribution in [0.2, 0.25) is 0 Å². The zero-order chi connectivity index (χ0) is 93.2. The van der Waals surface area contributed by atoms with E-state index in [0.29, 0.717) is 0 Å². The highest BCUT2D eigenvalue weighted by atomic mass is 16.5. The fraction of sp³-hybridized carbons (Fsp3) is 1.00. The monoisotopic (exact) mass is 1840 g/mol. The van der Waals surface area contributed by atoms with E-state index in [9.17, 15) is 0 Å². The largest absolute Gasteiger partial charge is 0.381 e. The molecule has 131 heavy (non-hydrogen) atoms. The van der Waals surface area contributed by atoms with Crippen molar-refractivity contribution >= 4 is 0 Å². The molecule has 0 aliphatic rings. The zero-order valence-electron chi connectivity index (χ0n) is 92.9. The van der Waals surface area contributed by atoms with Crippen LogP contribution in [0.15, 0.2) is 0 Å². The molecule has 0 aromatic heterocycles. The topological polar surface area (TPSA) is 9.23 Å². The average molecular weight is 1840 g/mol. The third-order valence-electron chi connectivity index (χ3n) is 31.8. The van der Waals surface area contributed by atoms with E-state index in [1.54, 1.807) is 0 Å². The predicted molar refractivity (Wildman–Crippen MR) is 604 cm³/mol. The van der Waals surface area contributed by atoms with E-state index in [-0.39, 0.29) is 0 Å². The first kappa shape index (κ1) is 131. The normalized spacial score (nSPS) is 11.9. The number of ether oxygens (including phenoxy) is 1. The summed E-state index contributed by atoms with van der Waals surface area (Å²) in [5, 5.41) is 0. The van der Waals surface area contributed by atoms with Crippen LogP contribution in [0.4, 0.5) is 0 Å². The lowest BCUT2D eigenvalue weighted by molar-refractivity contribution is 0.125. The molecule has 0 aliphatic heterocycles. The Bertz CT molecular complexity index is 1570. The maximum Gasteiger partial charge on any atom is 0.0466 e. The minimum absolute atomic E-state index is 1.000. The van der Waals surface area contributed by atoms with Crippen molar-refractivity contribution in [1.29, 1.82) is 0 Å². The van der Waals surface area contributed by atoms with Crippen molar-refractivity contribution in [2.24, 2.45) is 0 Å². The summed E-state index contributed by atoms with van der Waals surface area (Å²) in [5.41, 5.74) is 0. The van der Waals surface area contributed by atoms with Gasteiger partial charge in [0.2, 0.25) is 0 Å². The Morgan fingerprint density at radius 1 is 0.0611 bits per heavy atom. The van der Waals surface area contributed by atoms with Gasteiger partial charge in [0.15, 0.2) is 0 Å². The average Bonchev–Trinajstić information content (AvgIpc) is 1.22. The predicted octanol–water partition coefficient (Wildman–Crippen LogP) is 50.2. The van der Waals surface area contributed by atoms with E-state index in [2.05, 4.69) is 13.8 Å². The Morgan fingerprint density at radius 2 is 0.107 bits per heavy atom. The molecule has 0 heterocycles. The summed E-state index contributed by atoms with van der Waals surface area (Å²) >= 11 is 0. The molecule has 0 aromatic carbocycles. The molecule has 0 radical (unpaired) electrons. The minimum Gasteiger partial charge on any atom is -0.381 e. The quantitative estimate of drug-likeness (QED) is 0.0552. The molecular weight excluding hydrogens is 1580 g/mol. The van der Waals surface area contributed by atoms with E-state index in [4.69, 9.17) is 4.74 Å². The van der Waals surface area contributed by atoms with Gasteiger partial charge >= 0.3 is 0 Å². The van der Waals surface area contributed by atoms with Crippen LogP contribution >= 0.6 is 0 Å². The molecule has 0 saturated heterocycles. The Hall–Kier alpha value is -0.0400. The molecule has 0 bridgehead atoms. The molecule has 0 rings (SSSR count). The van der Waals surface area contributed by atoms with Gasteiger partial charge in [-0.2, -0.15) is 0 Å². The minimum atomic E-state index is 1.000. The number of hydrogen-bond donors (Lipinski definition) is 0. The SMILES string of the molecule is CCCCCCCCCCCCCCCCCCCCCCCCCCCCCCCCCCCCCCCCCCCCCCCCCCCCCCCCCCCCCCCCCOCCCCCCCCCCCCCCCCCCCCCCCCCCCCCCCCCCCCCCCCCCCCCCCCCCCCCCCCCCCCCCCCC. The molecule has 1 heteroatoms. The Labute approximate surface area is 835 Å². The summed E-state index contributed by atoms with van der Waals surface area (Å²) in [4.78, 5) is 0. The molecule has 0 amide bonds. The maximum absolute atomic E-state index is 6.02. The lowest BCUT2D eigenvalue weighted by Gasteiger charge is -2.06. The van der Waals surface area contributed by atoms with Crippen LogP contribution in [0.25, 0.3) is 0 Å². The van der Waals surface area contributed by atoms with Crippen molar-refractivity contribution < 1.29 is 4.74 Å². The third kappa shape index (κ3) is 130. The van der Waals surface area contributed by atoms with E-state index < -0.39 is 0 Å². The Kier molecular flexibility index (Phi) is 130. The highest BCUT2D eigenvalue weighted by Gasteiger charge is 2.07. The van der Waals surface area contributed by atoms with Crippen LogP contribution in [-0.4, -0.2) is 13.2 Å². The van der Waals surface area contributed by atoms with Crippen LogP contribution < -0.4 is 0 Å². The summed E-state index contributed by atoms with van der Waals surface area (Å²) in [6.45, 7) is 6.64. The van der Waals surface area contributed by atoms with Gasteiger partial charge in [-0.05, 0) is 12.8 Å². The van der Waals surface area contributed by atoms with Crippen LogP contribution in [-0.2, 0) is 4.74 Å². The van der Waals surface area contributed by atoms with Crippen molar-refractivity contribution in [1.82, 2.24) is 0 Å². The second kappa shape index (κ2) is 130. The van der Waals surface area contributed by atoms with Crippen molar-refractivity contribution in [3.8, 4) is 0 Å². The first-order valence-electron chi connectivity index (χ1n) is 65.0. The lowest BCUT2D eigenvalue weighted by Crippen LogP contribution is -1.97. The molecule has 788 valence electrons. The van der Waals surface area contributed by atoms with Gasteiger partial charge in [-0.1, -0.05) is 810 Å². The molecule has 0 N–H and O–H groups in total. The number of hydrogen-bond acceptors (Lipinski definition) is 1. The highest BCUT2D eigenvalue weighted by Crippen LogP contribution is 2.26.